The molecule has 1 amide bonds. The van der Waals surface area contributed by atoms with Gasteiger partial charge in [0.1, 0.15) is 0 Å². The van der Waals surface area contributed by atoms with Crippen LogP contribution in [0, 0.1) is 0 Å². The Balaban J connectivity index is 2.54. The number of carbonyl (C=O) groups is 1. The number of hydrogen-bond donors (Lipinski definition) is 2. The summed E-state index contributed by atoms with van der Waals surface area (Å²) in [5, 5.41) is 2.86. The average molecular weight is 325 g/mol. The van der Waals surface area contributed by atoms with Crippen LogP contribution in [0.15, 0.2) is 18.2 Å². The van der Waals surface area contributed by atoms with Crippen molar-refractivity contribution in [1.29, 1.82) is 0 Å². The monoisotopic (exact) mass is 324 g/mol. The summed E-state index contributed by atoms with van der Waals surface area (Å²) < 4.78 is 22.7. The Morgan fingerprint density at radius 1 is 1.32 bits per heavy atom. The third-order valence-corrected chi connectivity index (χ3v) is 4.75. The van der Waals surface area contributed by atoms with Crippen molar-refractivity contribution in [2.24, 2.45) is 0 Å². The summed E-state index contributed by atoms with van der Waals surface area (Å²) in [4.78, 5) is 11.7. The van der Waals surface area contributed by atoms with Crippen LogP contribution in [0.1, 0.15) is 10.4 Å². The van der Waals surface area contributed by atoms with Crippen LogP contribution in [0.3, 0.4) is 0 Å². The second kappa shape index (κ2) is 6.98. The number of rotatable bonds is 6. The molecule has 8 heteroatoms. The molecule has 0 fully saturated rings. The minimum absolute atomic E-state index is 0.0284. The van der Waals surface area contributed by atoms with Crippen LogP contribution < -0.4 is 11.1 Å². The van der Waals surface area contributed by atoms with E-state index in [1.807, 2.05) is 0 Å². The zero-order chi connectivity index (χ0) is 14.5. The fraction of sp³-hybridized carbons (Fsp3) is 0.364. The molecule has 1 rings (SSSR count). The molecule has 0 bridgehead atoms. The molecule has 1 aromatic rings. The third kappa shape index (κ3) is 5.26. The summed E-state index contributed by atoms with van der Waals surface area (Å²) in [7, 11) is -3.22. The van der Waals surface area contributed by atoms with Crippen molar-refractivity contribution in [3.05, 3.63) is 28.8 Å². The van der Waals surface area contributed by atoms with Gasteiger partial charge in [-0.05, 0) is 18.2 Å². The van der Waals surface area contributed by atoms with Crippen molar-refractivity contribution in [1.82, 2.24) is 5.32 Å². The Labute approximate surface area is 122 Å². The highest BCUT2D eigenvalue weighted by Crippen LogP contribution is 2.19. The quantitative estimate of drug-likeness (QED) is 0.609. The van der Waals surface area contributed by atoms with Crippen LogP contribution in [0.25, 0.3) is 0 Å². The molecule has 0 heterocycles. The van der Waals surface area contributed by atoms with Gasteiger partial charge < -0.3 is 11.1 Å². The first-order valence-corrected chi connectivity index (χ1v) is 8.19. The van der Waals surface area contributed by atoms with E-state index in [1.54, 1.807) is 0 Å². The number of benzene rings is 1. The molecular weight excluding hydrogens is 311 g/mol. The molecule has 0 unspecified atom stereocenters. The predicted molar refractivity (Wildman–Crippen MR) is 77.6 cm³/mol. The summed E-state index contributed by atoms with van der Waals surface area (Å²) in [5.74, 6) is -0.596. The van der Waals surface area contributed by atoms with Crippen molar-refractivity contribution < 1.29 is 13.2 Å². The lowest BCUT2D eigenvalue weighted by Gasteiger charge is -2.07. The van der Waals surface area contributed by atoms with E-state index in [1.165, 1.54) is 18.2 Å². The fourth-order valence-corrected chi connectivity index (χ4v) is 3.00. The first-order chi connectivity index (χ1) is 8.85. The summed E-state index contributed by atoms with van der Waals surface area (Å²) in [6.07, 6.45) is 0. The molecule has 0 saturated heterocycles. The standard InChI is InChI=1S/C11H14Cl2N2O3S/c12-3-5-19(17,18)6-4-15-11(16)8-1-2-9(13)10(14)7-8/h1-2,7H,3-6,14H2,(H,15,16). The second-order valence-corrected chi connectivity index (χ2v) is 6.92. The van der Waals surface area contributed by atoms with Gasteiger partial charge in [0.15, 0.2) is 9.84 Å². The van der Waals surface area contributed by atoms with Crippen molar-refractivity contribution in [2.75, 3.05) is 29.7 Å². The molecule has 0 radical (unpaired) electrons. The summed E-state index contributed by atoms with van der Waals surface area (Å²) >= 11 is 11.1. The number of nitrogen functional groups attached to an aromatic ring is 1. The van der Waals surface area contributed by atoms with Gasteiger partial charge in [-0.15, -0.1) is 11.6 Å². The number of halogens is 2. The van der Waals surface area contributed by atoms with Crippen LogP contribution in [-0.4, -0.2) is 38.3 Å². The lowest BCUT2D eigenvalue weighted by molar-refractivity contribution is 0.0956. The van der Waals surface area contributed by atoms with Crippen molar-refractivity contribution in [3.8, 4) is 0 Å². The average Bonchev–Trinajstić information content (AvgIpc) is 2.32. The Morgan fingerprint density at radius 2 is 2.00 bits per heavy atom. The van der Waals surface area contributed by atoms with Crippen molar-refractivity contribution in [3.63, 3.8) is 0 Å². The van der Waals surface area contributed by atoms with Crippen LogP contribution >= 0.6 is 23.2 Å². The molecule has 0 aliphatic carbocycles. The van der Waals surface area contributed by atoms with E-state index in [-0.39, 0.29) is 23.9 Å². The summed E-state index contributed by atoms with van der Waals surface area (Å²) in [6.45, 7) is 0.0284. The van der Waals surface area contributed by atoms with Gasteiger partial charge in [0.25, 0.3) is 5.91 Å². The van der Waals surface area contributed by atoms with E-state index >= 15 is 0 Å². The van der Waals surface area contributed by atoms with Gasteiger partial charge in [-0.1, -0.05) is 11.6 Å². The van der Waals surface area contributed by atoms with E-state index in [2.05, 4.69) is 5.32 Å². The first kappa shape index (κ1) is 16.1. The van der Waals surface area contributed by atoms with Crippen LogP contribution in [0.5, 0.6) is 0 Å². The lowest BCUT2D eigenvalue weighted by atomic mass is 10.2. The predicted octanol–water partition coefficient (Wildman–Crippen LogP) is 1.31. The Bertz CT molecular complexity index is 561. The minimum atomic E-state index is -3.22. The van der Waals surface area contributed by atoms with E-state index in [0.717, 1.165) is 0 Å². The highest BCUT2D eigenvalue weighted by molar-refractivity contribution is 7.91. The molecular formula is C11H14Cl2N2O3S. The molecule has 3 N–H and O–H groups in total. The number of hydrogen-bond acceptors (Lipinski definition) is 4. The van der Waals surface area contributed by atoms with Gasteiger partial charge in [-0.25, -0.2) is 8.42 Å². The van der Waals surface area contributed by atoms with Gasteiger partial charge in [-0.2, -0.15) is 0 Å². The second-order valence-electron chi connectivity index (χ2n) is 3.83. The minimum Gasteiger partial charge on any atom is -0.398 e. The SMILES string of the molecule is Nc1cc(C(=O)NCCS(=O)(=O)CCCl)ccc1Cl. The highest BCUT2D eigenvalue weighted by Gasteiger charge is 2.12. The zero-order valence-electron chi connectivity index (χ0n) is 10.0. The van der Waals surface area contributed by atoms with Crippen LogP contribution in [0.2, 0.25) is 5.02 Å². The van der Waals surface area contributed by atoms with Crippen molar-refractivity contribution in [2.45, 2.75) is 0 Å². The van der Waals surface area contributed by atoms with E-state index in [4.69, 9.17) is 28.9 Å². The summed E-state index contributed by atoms with van der Waals surface area (Å²) in [6, 6.07) is 4.46. The van der Waals surface area contributed by atoms with E-state index in [9.17, 15) is 13.2 Å². The number of sulfone groups is 1. The Kier molecular flexibility index (Phi) is 5.90. The van der Waals surface area contributed by atoms with Gasteiger partial charge in [-0.3, -0.25) is 4.79 Å². The molecule has 1 aromatic carbocycles. The molecule has 5 nitrogen and oxygen atoms in total. The zero-order valence-corrected chi connectivity index (χ0v) is 12.4. The highest BCUT2D eigenvalue weighted by atomic mass is 35.5. The maximum atomic E-state index is 11.7. The molecule has 0 aliphatic rings. The summed E-state index contributed by atoms with van der Waals surface area (Å²) in [5.41, 5.74) is 6.20. The lowest BCUT2D eigenvalue weighted by Crippen LogP contribution is -2.30. The van der Waals surface area contributed by atoms with E-state index in [0.29, 0.717) is 16.3 Å². The molecule has 0 aromatic heterocycles. The smallest absolute Gasteiger partial charge is 0.251 e. The van der Waals surface area contributed by atoms with Crippen molar-refractivity contribution >= 4 is 44.6 Å². The van der Waals surface area contributed by atoms with Crippen LogP contribution in [-0.2, 0) is 9.84 Å². The van der Waals surface area contributed by atoms with Gasteiger partial charge in [0, 0.05) is 18.0 Å². The number of anilines is 1. The van der Waals surface area contributed by atoms with Crippen LogP contribution in [0.4, 0.5) is 5.69 Å². The Hall–Kier alpha value is -0.980. The van der Waals surface area contributed by atoms with Gasteiger partial charge >= 0.3 is 0 Å². The number of alkyl halides is 1. The molecule has 19 heavy (non-hydrogen) atoms. The largest absolute Gasteiger partial charge is 0.398 e. The normalized spacial score (nSPS) is 11.3. The molecule has 0 spiro atoms. The number of nitrogens with one attached hydrogen (secondary N) is 1. The van der Waals surface area contributed by atoms with Gasteiger partial charge in [0.2, 0.25) is 0 Å². The molecule has 0 aliphatic heterocycles. The topological polar surface area (TPSA) is 89.3 Å². The number of nitrogens with two attached hydrogens (primary N) is 1. The molecule has 0 atom stereocenters. The third-order valence-electron chi connectivity index (χ3n) is 2.34. The van der Waals surface area contributed by atoms with E-state index < -0.39 is 15.7 Å². The molecule has 106 valence electrons. The number of carbonyl (C=O) groups excluding carboxylic acids is 1. The first-order valence-electron chi connectivity index (χ1n) is 5.45. The fourth-order valence-electron chi connectivity index (χ4n) is 1.33. The van der Waals surface area contributed by atoms with Gasteiger partial charge in [0.05, 0.1) is 22.2 Å². The molecule has 0 saturated carbocycles. The maximum absolute atomic E-state index is 11.7. The number of amides is 1. The Morgan fingerprint density at radius 3 is 2.58 bits per heavy atom. The maximum Gasteiger partial charge on any atom is 0.251 e.